The third-order valence-corrected chi connectivity index (χ3v) is 4.70. The van der Waals surface area contributed by atoms with Crippen molar-refractivity contribution in [1.29, 1.82) is 0 Å². The van der Waals surface area contributed by atoms with Crippen LogP contribution in [0.5, 0.6) is 0 Å². The summed E-state index contributed by atoms with van der Waals surface area (Å²) in [6, 6.07) is 21.9. The van der Waals surface area contributed by atoms with Crippen molar-refractivity contribution in [3.05, 3.63) is 89.0 Å². The topological polar surface area (TPSA) is 0 Å². The standard InChI is InChI=1S/C21H14/c1-2-9-17-14(5-1)6-4-10-18(17)20-13-16-8-3-7-15-11-12-19(20)21(15)16/h1-13,19H/t19-/m1/s1. The summed E-state index contributed by atoms with van der Waals surface area (Å²) in [6.45, 7) is 0. The summed E-state index contributed by atoms with van der Waals surface area (Å²) in [4.78, 5) is 0. The zero-order valence-electron chi connectivity index (χ0n) is 11.6. The average molecular weight is 266 g/mol. The van der Waals surface area contributed by atoms with Crippen molar-refractivity contribution in [2.75, 3.05) is 0 Å². The maximum absolute atomic E-state index is 2.37. The van der Waals surface area contributed by atoms with Crippen LogP contribution in [0, 0.1) is 0 Å². The molecular formula is C21H14. The predicted octanol–water partition coefficient (Wildman–Crippen LogP) is 5.50. The third kappa shape index (κ3) is 1.45. The lowest BCUT2D eigenvalue weighted by Crippen LogP contribution is -1.94. The molecule has 1 atom stereocenters. The van der Waals surface area contributed by atoms with Gasteiger partial charge in [-0.15, -0.1) is 0 Å². The lowest BCUT2D eigenvalue weighted by molar-refractivity contribution is 1.16. The molecule has 0 unspecified atom stereocenters. The molecule has 0 heteroatoms. The number of fused-ring (bicyclic) bond motifs is 1. The van der Waals surface area contributed by atoms with Gasteiger partial charge in [0.25, 0.3) is 0 Å². The Morgan fingerprint density at radius 3 is 2.52 bits per heavy atom. The fraction of sp³-hybridized carbons (Fsp3) is 0.0476. The molecule has 0 spiro atoms. The Balaban J connectivity index is 1.78. The number of hydrogen-bond donors (Lipinski definition) is 0. The molecule has 3 aromatic carbocycles. The number of rotatable bonds is 1. The smallest absolute Gasteiger partial charge is 0.0291 e. The van der Waals surface area contributed by atoms with Crippen molar-refractivity contribution in [2.24, 2.45) is 0 Å². The molecule has 0 aromatic heterocycles. The number of benzene rings is 3. The van der Waals surface area contributed by atoms with Crippen LogP contribution in [0.25, 0.3) is 28.5 Å². The lowest BCUT2D eigenvalue weighted by Gasteiger charge is -2.13. The van der Waals surface area contributed by atoms with E-state index >= 15 is 0 Å². The van der Waals surface area contributed by atoms with Gasteiger partial charge in [0.1, 0.15) is 0 Å². The molecule has 0 saturated heterocycles. The highest BCUT2D eigenvalue weighted by Crippen LogP contribution is 2.49. The maximum atomic E-state index is 2.37. The summed E-state index contributed by atoms with van der Waals surface area (Å²) in [5, 5.41) is 2.66. The zero-order chi connectivity index (χ0) is 13.8. The first-order chi connectivity index (χ1) is 10.4. The molecule has 0 fully saturated rings. The van der Waals surface area contributed by atoms with E-state index in [1.54, 1.807) is 0 Å². The van der Waals surface area contributed by atoms with Gasteiger partial charge in [0.15, 0.2) is 0 Å². The third-order valence-electron chi connectivity index (χ3n) is 4.70. The highest BCUT2D eigenvalue weighted by Gasteiger charge is 2.29. The summed E-state index contributed by atoms with van der Waals surface area (Å²) >= 11 is 0. The summed E-state index contributed by atoms with van der Waals surface area (Å²) in [7, 11) is 0. The van der Waals surface area contributed by atoms with Gasteiger partial charge in [-0.2, -0.15) is 0 Å². The Morgan fingerprint density at radius 2 is 1.52 bits per heavy atom. The Morgan fingerprint density at radius 1 is 0.714 bits per heavy atom. The molecule has 0 bridgehead atoms. The largest absolute Gasteiger partial charge is 0.0720 e. The van der Waals surface area contributed by atoms with Gasteiger partial charge in [-0.25, -0.2) is 0 Å². The van der Waals surface area contributed by atoms with Crippen LogP contribution in [0.15, 0.2) is 66.7 Å². The molecule has 21 heavy (non-hydrogen) atoms. The van der Waals surface area contributed by atoms with Gasteiger partial charge in [0.2, 0.25) is 0 Å². The van der Waals surface area contributed by atoms with Gasteiger partial charge in [-0.05, 0) is 44.7 Å². The van der Waals surface area contributed by atoms with E-state index in [9.17, 15) is 0 Å². The number of allylic oxidation sites excluding steroid dienone is 2. The number of hydrogen-bond acceptors (Lipinski definition) is 0. The maximum Gasteiger partial charge on any atom is 0.0291 e. The van der Waals surface area contributed by atoms with Crippen molar-refractivity contribution >= 4 is 28.5 Å². The quantitative estimate of drug-likeness (QED) is 0.545. The summed E-state index contributed by atoms with van der Waals surface area (Å²) in [5.41, 5.74) is 7.05. The van der Waals surface area contributed by atoms with Gasteiger partial charge >= 0.3 is 0 Å². The van der Waals surface area contributed by atoms with E-state index in [2.05, 4.69) is 78.9 Å². The first kappa shape index (κ1) is 11.1. The molecule has 0 heterocycles. The summed E-state index contributed by atoms with van der Waals surface area (Å²) in [6.07, 6.45) is 6.98. The molecule has 0 aliphatic heterocycles. The van der Waals surface area contributed by atoms with Crippen molar-refractivity contribution in [2.45, 2.75) is 5.92 Å². The molecule has 5 rings (SSSR count). The van der Waals surface area contributed by atoms with Crippen molar-refractivity contribution in [1.82, 2.24) is 0 Å². The zero-order valence-corrected chi connectivity index (χ0v) is 11.6. The van der Waals surface area contributed by atoms with Gasteiger partial charge in [-0.3, -0.25) is 0 Å². The van der Waals surface area contributed by atoms with E-state index in [1.807, 2.05) is 0 Å². The Bertz CT molecular complexity index is 936. The van der Waals surface area contributed by atoms with E-state index in [0.717, 1.165) is 0 Å². The van der Waals surface area contributed by atoms with Gasteiger partial charge in [-0.1, -0.05) is 72.8 Å². The molecule has 0 saturated carbocycles. The van der Waals surface area contributed by atoms with E-state index in [0.29, 0.717) is 5.92 Å². The highest BCUT2D eigenvalue weighted by molar-refractivity contribution is 6.04. The second kappa shape index (κ2) is 3.95. The fourth-order valence-corrected chi connectivity index (χ4v) is 3.77. The highest BCUT2D eigenvalue weighted by atomic mass is 14.3. The molecule has 0 nitrogen and oxygen atoms in total. The second-order valence-corrected chi connectivity index (χ2v) is 5.81. The second-order valence-electron chi connectivity index (χ2n) is 5.81. The molecule has 0 N–H and O–H groups in total. The lowest BCUT2D eigenvalue weighted by atomic mass is 9.90. The average Bonchev–Trinajstić information content (AvgIpc) is 3.13. The molecule has 0 amide bonds. The Kier molecular flexibility index (Phi) is 2.09. The van der Waals surface area contributed by atoms with Crippen LogP contribution >= 0.6 is 0 Å². The van der Waals surface area contributed by atoms with E-state index in [-0.39, 0.29) is 0 Å². The SMILES string of the molecule is C1=C[C@@H]2C(c3cccc4ccccc34)=Cc3cccc1c32. The summed E-state index contributed by atoms with van der Waals surface area (Å²) < 4.78 is 0. The van der Waals surface area contributed by atoms with Crippen LogP contribution < -0.4 is 0 Å². The first-order valence-corrected chi connectivity index (χ1v) is 7.43. The van der Waals surface area contributed by atoms with Crippen molar-refractivity contribution < 1.29 is 0 Å². The van der Waals surface area contributed by atoms with Crippen LogP contribution in [0.3, 0.4) is 0 Å². The van der Waals surface area contributed by atoms with E-state index in [4.69, 9.17) is 0 Å². The fourth-order valence-electron chi connectivity index (χ4n) is 3.77. The van der Waals surface area contributed by atoms with E-state index < -0.39 is 0 Å². The summed E-state index contributed by atoms with van der Waals surface area (Å²) in [5.74, 6) is 0.432. The van der Waals surface area contributed by atoms with Gasteiger partial charge in [0, 0.05) is 5.92 Å². The Labute approximate surface area is 124 Å². The minimum atomic E-state index is 0.432. The molecule has 2 aliphatic carbocycles. The molecule has 3 aromatic rings. The molecular weight excluding hydrogens is 252 g/mol. The minimum absolute atomic E-state index is 0.432. The van der Waals surface area contributed by atoms with Crippen LogP contribution in [0.4, 0.5) is 0 Å². The van der Waals surface area contributed by atoms with Crippen LogP contribution in [-0.4, -0.2) is 0 Å². The van der Waals surface area contributed by atoms with Crippen LogP contribution in [0.1, 0.15) is 28.2 Å². The van der Waals surface area contributed by atoms with Crippen molar-refractivity contribution in [3.8, 4) is 0 Å². The Hall–Kier alpha value is -2.60. The van der Waals surface area contributed by atoms with Gasteiger partial charge in [0.05, 0.1) is 0 Å². The minimum Gasteiger partial charge on any atom is -0.0720 e. The van der Waals surface area contributed by atoms with Gasteiger partial charge < -0.3 is 0 Å². The van der Waals surface area contributed by atoms with Crippen LogP contribution in [0.2, 0.25) is 0 Å². The monoisotopic (exact) mass is 266 g/mol. The molecule has 0 radical (unpaired) electrons. The molecule has 98 valence electrons. The van der Waals surface area contributed by atoms with Crippen molar-refractivity contribution in [3.63, 3.8) is 0 Å². The normalized spacial score (nSPS) is 18.1. The van der Waals surface area contributed by atoms with E-state index in [1.165, 1.54) is 38.6 Å². The predicted molar refractivity (Wildman–Crippen MR) is 90.0 cm³/mol. The van der Waals surface area contributed by atoms with Crippen LogP contribution in [-0.2, 0) is 0 Å². The first-order valence-electron chi connectivity index (χ1n) is 7.43. The molecule has 2 aliphatic rings.